The molecule has 0 saturated carbocycles. The zero-order valence-corrected chi connectivity index (χ0v) is 8.15. The molecule has 0 aromatic heterocycles. The molecule has 6 N–H and O–H groups in total. The number of nitrogens with zero attached hydrogens (tertiary/aromatic N) is 1. The van der Waals surface area contributed by atoms with E-state index in [1.54, 1.807) is 0 Å². The van der Waals surface area contributed by atoms with Gasteiger partial charge in [-0.25, -0.2) is 0 Å². The quantitative estimate of drug-likeness (QED) is 0.350. The van der Waals surface area contributed by atoms with Gasteiger partial charge in [-0.1, -0.05) is 11.8 Å². The van der Waals surface area contributed by atoms with E-state index in [1.807, 2.05) is 6.92 Å². The summed E-state index contributed by atoms with van der Waals surface area (Å²) >= 11 is 0.977. The van der Waals surface area contributed by atoms with Crippen LogP contribution < -0.4 is 16.8 Å². The molecule has 0 heterocycles. The number of hydrogen-bond donors (Lipinski definition) is 4. The highest BCUT2D eigenvalue weighted by Crippen LogP contribution is 2.01. The Hall–Kier alpha value is -1.24. The Morgan fingerprint density at radius 3 is 2.69 bits per heavy atom. The van der Waals surface area contributed by atoms with Crippen molar-refractivity contribution in [3.05, 3.63) is 0 Å². The summed E-state index contributed by atoms with van der Waals surface area (Å²) in [4.78, 5) is 14.3. The van der Waals surface area contributed by atoms with Crippen LogP contribution in [0.15, 0.2) is 4.99 Å². The molecule has 0 radical (unpaired) electrons. The third-order valence-corrected chi connectivity index (χ3v) is 1.72. The van der Waals surface area contributed by atoms with Crippen LogP contribution in [0.2, 0.25) is 0 Å². The van der Waals surface area contributed by atoms with Gasteiger partial charge < -0.3 is 16.8 Å². The fourth-order valence-electron chi connectivity index (χ4n) is 0.532. The lowest BCUT2D eigenvalue weighted by atomic mass is 10.6. The molecule has 0 atom stereocenters. The average molecular weight is 203 g/mol. The molecule has 0 saturated heterocycles. The third-order valence-electron chi connectivity index (χ3n) is 0.945. The normalized spacial score (nSPS) is 9.00. The number of amides is 1. The number of carbonyl (C=O) groups excluding carboxylic acids is 1. The average Bonchev–Trinajstić information content (AvgIpc) is 2.00. The summed E-state index contributed by atoms with van der Waals surface area (Å²) in [6.07, 6.45) is 0. The van der Waals surface area contributed by atoms with Gasteiger partial charge in [0.1, 0.15) is 0 Å². The van der Waals surface area contributed by atoms with Crippen molar-refractivity contribution < 1.29 is 4.79 Å². The largest absolute Gasteiger partial charge is 0.370 e. The van der Waals surface area contributed by atoms with Gasteiger partial charge in [-0.15, -0.1) is 0 Å². The Morgan fingerprint density at radius 1 is 1.62 bits per heavy atom. The van der Waals surface area contributed by atoms with E-state index in [9.17, 15) is 4.79 Å². The summed E-state index contributed by atoms with van der Waals surface area (Å²) in [7, 11) is 0. The molecule has 0 fully saturated rings. The number of thioether (sulfide) groups is 1. The maximum Gasteiger partial charge on any atom is 0.230 e. The molecule has 0 spiro atoms. The summed E-state index contributed by atoms with van der Waals surface area (Å²) in [5.74, 6) is -0.153. The van der Waals surface area contributed by atoms with Gasteiger partial charge in [0.25, 0.3) is 0 Å². The van der Waals surface area contributed by atoms with Crippen molar-refractivity contribution in [2.45, 2.75) is 6.92 Å². The zero-order chi connectivity index (χ0) is 10.3. The van der Waals surface area contributed by atoms with E-state index in [-0.39, 0.29) is 22.8 Å². The highest BCUT2D eigenvalue weighted by Gasteiger charge is 2.02. The molecule has 13 heavy (non-hydrogen) atoms. The maximum absolute atomic E-state index is 10.9. The predicted molar refractivity (Wildman–Crippen MR) is 54.7 cm³/mol. The number of carbonyl (C=O) groups is 1. The first kappa shape index (κ1) is 11.8. The third kappa shape index (κ3) is 7.13. The van der Waals surface area contributed by atoms with Gasteiger partial charge in [0.15, 0.2) is 11.1 Å². The lowest BCUT2D eigenvalue weighted by Gasteiger charge is -2.00. The number of guanidine groups is 1. The molecular weight excluding hydrogens is 190 g/mol. The molecule has 0 bridgehead atoms. The van der Waals surface area contributed by atoms with E-state index in [1.165, 1.54) is 0 Å². The Balaban J connectivity index is 3.71. The summed E-state index contributed by atoms with van der Waals surface area (Å²) in [6.45, 7) is 2.40. The smallest absolute Gasteiger partial charge is 0.230 e. The number of nitrogens with one attached hydrogen (secondary N) is 2. The van der Waals surface area contributed by atoms with Crippen LogP contribution >= 0.6 is 11.8 Å². The van der Waals surface area contributed by atoms with Crippen molar-refractivity contribution in [3.8, 4) is 0 Å². The monoisotopic (exact) mass is 203 g/mol. The molecular formula is C6H13N5OS. The first-order valence-electron chi connectivity index (χ1n) is 3.64. The lowest BCUT2D eigenvalue weighted by Crippen LogP contribution is -2.26. The fraction of sp³-hybridized carbons (Fsp3) is 0.500. The van der Waals surface area contributed by atoms with Crippen molar-refractivity contribution in [2.24, 2.45) is 16.5 Å². The standard InChI is InChI=1S/C6H13N5OS/c1-2-10-4(12)3-13-6(9)11-5(7)8/h2-3H2,1H3,(H,10,12)(H5,7,8,9,11). The predicted octanol–water partition coefficient (Wildman–Crippen LogP) is -0.936. The van der Waals surface area contributed by atoms with Crippen LogP contribution in [0.1, 0.15) is 6.92 Å². The SMILES string of the molecule is CCNC(=O)CSC(=N)N=C(N)N. The summed E-state index contributed by atoms with van der Waals surface area (Å²) in [6, 6.07) is 0. The Kier molecular flexibility index (Phi) is 5.69. The van der Waals surface area contributed by atoms with Gasteiger partial charge in [0.2, 0.25) is 5.91 Å². The Bertz CT molecular complexity index is 223. The number of hydrogen-bond acceptors (Lipinski definition) is 3. The van der Waals surface area contributed by atoms with Gasteiger partial charge >= 0.3 is 0 Å². The topological polar surface area (TPSA) is 117 Å². The van der Waals surface area contributed by atoms with Crippen LogP contribution in [0.25, 0.3) is 0 Å². The molecule has 0 unspecified atom stereocenters. The minimum atomic E-state index is -0.173. The van der Waals surface area contributed by atoms with Crippen molar-refractivity contribution in [1.82, 2.24) is 5.32 Å². The van der Waals surface area contributed by atoms with Crippen molar-refractivity contribution in [2.75, 3.05) is 12.3 Å². The van der Waals surface area contributed by atoms with Gasteiger partial charge in [0.05, 0.1) is 5.75 Å². The van der Waals surface area contributed by atoms with Crippen LogP contribution in [0, 0.1) is 5.41 Å². The molecule has 0 aromatic rings. The summed E-state index contributed by atoms with van der Waals surface area (Å²) < 4.78 is 0. The molecule has 6 nitrogen and oxygen atoms in total. The van der Waals surface area contributed by atoms with Crippen LogP contribution in [0.4, 0.5) is 0 Å². The van der Waals surface area contributed by atoms with E-state index in [2.05, 4.69) is 10.3 Å². The molecule has 74 valence electrons. The van der Waals surface area contributed by atoms with Crippen molar-refractivity contribution >= 4 is 28.8 Å². The number of aliphatic imine (C=N–C) groups is 1. The second-order valence-electron chi connectivity index (χ2n) is 2.08. The van der Waals surface area contributed by atoms with Crippen molar-refractivity contribution in [1.29, 1.82) is 5.41 Å². The molecule has 1 amide bonds. The minimum Gasteiger partial charge on any atom is -0.370 e. The van der Waals surface area contributed by atoms with Gasteiger partial charge in [-0.3, -0.25) is 10.2 Å². The fourth-order valence-corrected chi connectivity index (χ4v) is 1.07. The first-order valence-corrected chi connectivity index (χ1v) is 4.62. The summed E-state index contributed by atoms with van der Waals surface area (Å²) in [5.41, 5.74) is 10.1. The van der Waals surface area contributed by atoms with Crippen molar-refractivity contribution in [3.63, 3.8) is 0 Å². The molecule has 0 aliphatic carbocycles. The highest BCUT2D eigenvalue weighted by molar-refractivity contribution is 8.14. The van der Waals surface area contributed by atoms with Gasteiger partial charge in [0, 0.05) is 6.54 Å². The van der Waals surface area contributed by atoms with Crippen LogP contribution in [0.3, 0.4) is 0 Å². The molecule has 0 aromatic carbocycles. The zero-order valence-electron chi connectivity index (χ0n) is 7.33. The van der Waals surface area contributed by atoms with Gasteiger partial charge in [-0.2, -0.15) is 4.99 Å². The van der Waals surface area contributed by atoms with Crippen LogP contribution in [0.5, 0.6) is 0 Å². The Labute approximate surface area is 80.7 Å². The molecule has 7 heteroatoms. The van der Waals surface area contributed by atoms with E-state index in [0.29, 0.717) is 6.54 Å². The number of nitrogens with two attached hydrogens (primary N) is 2. The van der Waals surface area contributed by atoms with E-state index < -0.39 is 0 Å². The van der Waals surface area contributed by atoms with E-state index in [0.717, 1.165) is 11.8 Å². The number of amidine groups is 1. The lowest BCUT2D eigenvalue weighted by molar-refractivity contribution is -0.118. The molecule has 0 aliphatic rings. The van der Waals surface area contributed by atoms with Gasteiger partial charge in [-0.05, 0) is 6.92 Å². The number of rotatable bonds is 3. The van der Waals surface area contributed by atoms with Crippen LogP contribution in [-0.2, 0) is 4.79 Å². The maximum atomic E-state index is 10.9. The minimum absolute atomic E-state index is 0.0637. The highest BCUT2D eigenvalue weighted by atomic mass is 32.2. The second kappa shape index (κ2) is 6.30. The van der Waals surface area contributed by atoms with E-state index in [4.69, 9.17) is 16.9 Å². The molecule has 0 aliphatic heterocycles. The second-order valence-corrected chi connectivity index (χ2v) is 3.05. The van der Waals surface area contributed by atoms with E-state index >= 15 is 0 Å². The Morgan fingerprint density at radius 2 is 2.23 bits per heavy atom. The van der Waals surface area contributed by atoms with Crippen LogP contribution in [-0.4, -0.2) is 29.3 Å². The molecule has 0 rings (SSSR count). The first-order chi connectivity index (χ1) is 6.06. The summed E-state index contributed by atoms with van der Waals surface area (Å²) in [5, 5.41) is 9.70.